The molecule has 0 bridgehead atoms. The summed E-state index contributed by atoms with van der Waals surface area (Å²) in [6.45, 7) is 2.68. The van der Waals surface area contributed by atoms with Gasteiger partial charge in [-0.15, -0.1) is 12.4 Å². The number of hydrogen-bond donors (Lipinski definition) is 2. The lowest BCUT2D eigenvalue weighted by Crippen LogP contribution is -2.28. The first-order chi connectivity index (χ1) is 3.93. The van der Waals surface area contributed by atoms with Gasteiger partial charge in [-0.1, -0.05) is 0 Å². The van der Waals surface area contributed by atoms with E-state index in [1.54, 1.807) is 0 Å². The minimum absolute atomic E-state index is 0. The summed E-state index contributed by atoms with van der Waals surface area (Å²) >= 11 is 0. The molecule has 3 N–H and O–H groups in total. The Balaban J connectivity index is 0.000000640. The van der Waals surface area contributed by atoms with Gasteiger partial charge in [0.15, 0.2) is 0 Å². The topological polar surface area (TPSA) is 47.3 Å². The van der Waals surface area contributed by atoms with Gasteiger partial charge in [0.05, 0.1) is 6.61 Å². The predicted molar refractivity (Wildman–Crippen MR) is 38.4 cm³/mol. The molecule has 0 aromatic heterocycles. The van der Waals surface area contributed by atoms with E-state index in [1.807, 2.05) is 0 Å². The van der Waals surface area contributed by atoms with Gasteiger partial charge in [-0.25, -0.2) is 0 Å². The molecule has 1 unspecified atom stereocenters. The maximum absolute atomic E-state index is 5.11. The smallest absolute Gasteiger partial charge is 0.0507 e. The number of rotatable bonds is 2. The van der Waals surface area contributed by atoms with Crippen LogP contribution in [0.5, 0.6) is 0 Å². The van der Waals surface area contributed by atoms with Crippen molar-refractivity contribution in [3.8, 4) is 0 Å². The summed E-state index contributed by atoms with van der Waals surface area (Å²) in [7, 11) is 0. The van der Waals surface area contributed by atoms with Crippen molar-refractivity contribution in [1.29, 1.82) is 0 Å². The summed E-state index contributed by atoms with van der Waals surface area (Å²) in [6, 6.07) is 0. The van der Waals surface area contributed by atoms with E-state index in [1.165, 1.54) is 0 Å². The summed E-state index contributed by atoms with van der Waals surface area (Å²) in [6.07, 6.45) is 1.16. The van der Waals surface area contributed by atoms with Crippen LogP contribution in [0.2, 0.25) is 0 Å². The van der Waals surface area contributed by atoms with Crippen LogP contribution in [0, 0.1) is 5.92 Å². The van der Waals surface area contributed by atoms with E-state index < -0.39 is 0 Å². The van der Waals surface area contributed by atoms with Crippen LogP contribution in [-0.4, -0.2) is 19.8 Å². The quantitative estimate of drug-likeness (QED) is 0.430. The molecule has 0 aliphatic carbocycles. The van der Waals surface area contributed by atoms with E-state index in [0.29, 0.717) is 5.92 Å². The molecule has 1 rings (SSSR count). The van der Waals surface area contributed by atoms with Crippen LogP contribution in [0.25, 0.3) is 0 Å². The fourth-order valence-electron chi connectivity index (χ4n) is 0.911. The highest BCUT2D eigenvalue weighted by molar-refractivity contribution is 5.85. The van der Waals surface area contributed by atoms with Gasteiger partial charge >= 0.3 is 0 Å². The second kappa shape index (κ2) is 4.99. The zero-order chi connectivity index (χ0) is 5.82. The van der Waals surface area contributed by atoms with Crippen molar-refractivity contribution in [2.75, 3.05) is 19.8 Å². The number of halogens is 1. The number of hydrogen-bond acceptors (Lipinski definition) is 3. The SMILES string of the molecule is Cl.NNCC1CCOC1. The van der Waals surface area contributed by atoms with Gasteiger partial charge in [-0.05, 0) is 12.3 Å². The van der Waals surface area contributed by atoms with Gasteiger partial charge in [0, 0.05) is 13.2 Å². The molecule has 0 aromatic carbocycles. The molecular weight excluding hydrogens is 140 g/mol. The van der Waals surface area contributed by atoms with Crippen molar-refractivity contribution >= 4 is 12.4 Å². The first-order valence-corrected chi connectivity index (χ1v) is 2.94. The zero-order valence-electron chi connectivity index (χ0n) is 5.30. The molecule has 0 aromatic rings. The lowest BCUT2D eigenvalue weighted by atomic mass is 10.1. The zero-order valence-corrected chi connectivity index (χ0v) is 6.12. The minimum atomic E-state index is 0. The second-order valence-corrected chi connectivity index (χ2v) is 2.14. The Labute approximate surface area is 61.3 Å². The Bertz CT molecular complexity index is 66.0. The maximum Gasteiger partial charge on any atom is 0.0507 e. The monoisotopic (exact) mass is 152 g/mol. The van der Waals surface area contributed by atoms with Crippen LogP contribution in [0.1, 0.15) is 6.42 Å². The molecule has 1 aliphatic heterocycles. The van der Waals surface area contributed by atoms with E-state index in [0.717, 1.165) is 26.2 Å². The molecule has 3 nitrogen and oxygen atoms in total. The van der Waals surface area contributed by atoms with Crippen molar-refractivity contribution in [3.63, 3.8) is 0 Å². The molecule has 0 amide bonds. The van der Waals surface area contributed by atoms with Crippen molar-refractivity contribution in [2.24, 2.45) is 11.8 Å². The standard InChI is InChI=1S/C5H12N2O.ClH/c6-7-3-5-1-2-8-4-5;/h5,7H,1-4,6H2;1H. The normalized spacial score (nSPS) is 25.7. The van der Waals surface area contributed by atoms with Crippen molar-refractivity contribution in [3.05, 3.63) is 0 Å². The second-order valence-electron chi connectivity index (χ2n) is 2.14. The Kier molecular flexibility index (Phi) is 5.09. The van der Waals surface area contributed by atoms with E-state index >= 15 is 0 Å². The van der Waals surface area contributed by atoms with Crippen LogP contribution < -0.4 is 11.3 Å². The highest BCUT2D eigenvalue weighted by Gasteiger charge is 2.13. The van der Waals surface area contributed by atoms with Gasteiger partial charge in [0.2, 0.25) is 0 Å². The number of hydrazine groups is 1. The number of ether oxygens (including phenoxy) is 1. The lowest BCUT2D eigenvalue weighted by molar-refractivity contribution is 0.185. The van der Waals surface area contributed by atoms with Gasteiger partial charge < -0.3 is 4.74 Å². The van der Waals surface area contributed by atoms with Crippen LogP contribution >= 0.6 is 12.4 Å². The molecule has 1 heterocycles. The number of nitrogens with two attached hydrogens (primary N) is 1. The molecule has 56 valence electrons. The van der Waals surface area contributed by atoms with Crippen molar-refractivity contribution in [1.82, 2.24) is 5.43 Å². The Morgan fingerprint density at radius 3 is 2.89 bits per heavy atom. The van der Waals surface area contributed by atoms with E-state index in [9.17, 15) is 0 Å². The van der Waals surface area contributed by atoms with Gasteiger partial charge in [0.1, 0.15) is 0 Å². The summed E-state index contributed by atoms with van der Waals surface area (Å²) in [5.74, 6) is 5.76. The minimum Gasteiger partial charge on any atom is -0.381 e. The van der Waals surface area contributed by atoms with Gasteiger partial charge in [0.25, 0.3) is 0 Å². The van der Waals surface area contributed by atoms with E-state index in [-0.39, 0.29) is 12.4 Å². The van der Waals surface area contributed by atoms with Gasteiger partial charge in [-0.3, -0.25) is 11.3 Å². The predicted octanol–water partition coefficient (Wildman–Crippen LogP) is -0.0920. The Morgan fingerprint density at radius 1 is 1.67 bits per heavy atom. The van der Waals surface area contributed by atoms with Gasteiger partial charge in [-0.2, -0.15) is 0 Å². The third-order valence-corrected chi connectivity index (χ3v) is 1.43. The molecule has 0 radical (unpaired) electrons. The molecule has 1 saturated heterocycles. The van der Waals surface area contributed by atoms with Crippen molar-refractivity contribution < 1.29 is 4.74 Å². The van der Waals surface area contributed by atoms with E-state index in [4.69, 9.17) is 10.6 Å². The molecule has 1 aliphatic rings. The fraction of sp³-hybridized carbons (Fsp3) is 1.00. The number of nitrogens with one attached hydrogen (secondary N) is 1. The first kappa shape index (κ1) is 9.17. The Morgan fingerprint density at radius 2 is 2.44 bits per heavy atom. The molecule has 4 heteroatoms. The van der Waals surface area contributed by atoms with Crippen LogP contribution in [0.3, 0.4) is 0 Å². The molecule has 9 heavy (non-hydrogen) atoms. The molecule has 0 spiro atoms. The Hall–Kier alpha value is 0.170. The lowest BCUT2D eigenvalue weighted by Gasteiger charge is -2.02. The molecular formula is C5H13ClN2O. The third-order valence-electron chi connectivity index (χ3n) is 1.43. The molecule has 1 fully saturated rings. The summed E-state index contributed by atoms with van der Waals surface area (Å²) in [5.41, 5.74) is 2.63. The first-order valence-electron chi connectivity index (χ1n) is 2.94. The van der Waals surface area contributed by atoms with Crippen molar-refractivity contribution in [2.45, 2.75) is 6.42 Å². The summed E-state index contributed by atoms with van der Waals surface area (Å²) in [4.78, 5) is 0. The highest BCUT2D eigenvalue weighted by Crippen LogP contribution is 2.09. The summed E-state index contributed by atoms with van der Waals surface area (Å²) in [5, 5.41) is 0. The molecule has 1 atom stereocenters. The highest BCUT2D eigenvalue weighted by atomic mass is 35.5. The van der Waals surface area contributed by atoms with Crippen LogP contribution in [0.4, 0.5) is 0 Å². The average Bonchev–Trinajstić information content (AvgIpc) is 2.19. The third kappa shape index (κ3) is 3.01. The largest absolute Gasteiger partial charge is 0.381 e. The summed E-state index contributed by atoms with van der Waals surface area (Å²) < 4.78 is 5.11. The average molecular weight is 153 g/mol. The molecule has 0 saturated carbocycles. The fourth-order valence-corrected chi connectivity index (χ4v) is 0.911. The van der Waals surface area contributed by atoms with E-state index in [2.05, 4.69) is 5.43 Å². The van der Waals surface area contributed by atoms with Crippen LogP contribution in [-0.2, 0) is 4.74 Å². The van der Waals surface area contributed by atoms with Crippen LogP contribution in [0.15, 0.2) is 0 Å². The maximum atomic E-state index is 5.11.